The third-order valence-corrected chi connectivity index (χ3v) is 2.94. The fourth-order valence-electron chi connectivity index (χ4n) is 1.72. The predicted octanol–water partition coefficient (Wildman–Crippen LogP) is 1.48. The molecule has 0 aromatic heterocycles. The molecule has 0 atom stereocenters. The van der Waals surface area contributed by atoms with Crippen LogP contribution in [0.3, 0.4) is 0 Å². The Morgan fingerprint density at radius 2 is 2.20 bits per heavy atom. The number of nitrogens with zero attached hydrogens (tertiary/aromatic N) is 1. The maximum atomic E-state index is 11.5. The Morgan fingerprint density at radius 1 is 1.40 bits per heavy atom. The van der Waals surface area contributed by atoms with E-state index in [1.807, 2.05) is 0 Å². The molecule has 1 fully saturated rings. The van der Waals surface area contributed by atoms with Crippen LogP contribution in [0.4, 0.5) is 5.69 Å². The number of rotatable bonds is 7. The first-order valence-electron chi connectivity index (χ1n) is 6.59. The van der Waals surface area contributed by atoms with Crippen LogP contribution in [0, 0.1) is 10.1 Å². The van der Waals surface area contributed by atoms with Crippen LogP contribution in [0.5, 0.6) is 0 Å². The van der Waals surface area contributed by atoms with Gasteiger partial charge in [-0.3, -0.25) is 14.9 Å². The van der Waals surface area contributed by atoms with Crippen molar-refractivity contribution in [3.63, 3.8) is 0 Å². The lowest BCUT2D eigenvalue weighted by Crippen LogP contribution is -2.31. The topological polar surface area (TPSA) is 84.3 Å². The van der Waals surface area contributed by atoms with E-state index in [9.17, 15) is 14.9 Å². The van der Waals surface area contributed by atoms with Crippen molar-refractivity contribution in [2.75, 3.05) is 13.1 Å². The van der Waals surface area contributed by atoms with Crippen LogP contribution in [0.25, 0.3) is 6.08 Å². The molecule has 1 aliphatic carbocycles. The maximum Gasteiger partial charge on any atom is 0.270 e. The Bertz CT molecular complexity index is 524. The first kappa shape index (κ1) is 14.2. The summed E-state index contributed by atoms with van der Waals surface area (Å²) in [5.74, 6) is -0.200. The summed E-state index contributed by atoms with van der Waals surface area (Å²) in [4.78, 5) is 21.7. The molecule has 0 saturated heterocycles. The average molecular weight is 275 g/mol. The number of carbonyl (C=O) groups excluding carboxylic acids is 1. The van der Waals surface area contributed by atoms with Crippen LogP contribution in [-0.4, -0.2) is 30.0 Å². The van der Waals surface area contributed by atoms with Gasteiger partial charge in [-0.1, -0.05) is 12.1 Å². The van der Waals surface area contributed by atoms with Gasteiger partial charge in [-0.05, 0) is 24.5 Å². The first-order chi connectivity index (χ1) is 9.65. The summed E-state index contributed by atoms with van der Waals surface area (Å²) in [5, 5.41) is 16.7. The number of benzene rings is 1. The molecule has 0 spiro atoms. The molecule has 0 radical (unpaired) electrons. The second-order valence-corrected chi connectivity index (χ2v) is 4.70. The molecule has 20 heavy (non-hydrogen) atoms. The van der Waals surface area contributed by atoms with E-state index in [2.05, 4.69) is 10.6 Å². The van der Waals surface area contributed by atoms with Gasteiger partial charge in [-0.15, -0.1) is 0 Å². The van der Waals surface area contributed by atoms with Gasteiger partial charge in [0.2, 0.25) is 5.91 Å². The van der Waals surface area contributed by atoms with E-state index in [-0.39, 0.29) is 11.6 Å². The molecule has 1 amide bonds. The highest BCUT2D eigenvalue weighted by Crippen LogP contribution is 2.17. The molecule has 0 unspecified atom stereocenters. The summed E-state index contributed by atoms with van der Waals surface area (Å²) in [6, 6.07) is 6.78. The van der Waals surface area contributed by atoms with Gasteiger partial charge in [0.1, 0.15) is 0 Å². The van der Waals surface area contributed by atoms with Crippen LogP contribution in [0.1, 0.15) is 18.4 Å². The summed E-state index contributed by atoms with van der Waals surface area (Å²) in [7, 11) is 0. The fourth-order valence-corrected chi connectivity index (χ4v) is 1.72. The van der Waals surface area contributed by atoms with Gasteiger partial charge in [0.05, 0.1) is 4.92 Å². The molecule has 0 aliphatic heterocycles. The Balaban J connectivity index is 1.77. The zero-order valence-electron chi connectivity index (χ0n) is 11.0. The van der Waals surface area contributed by atoms with Crippen molar-refractivity contribution in [1.82, 2.24) is 10.6 Å². The summed E-state index contributed by atoms with van der Waals surface area (Å²) in [6.07, 6.45) is 5.40. The lowest BCUT2D eigenvalue weighted by atomic mass is 10.2. The van der Waals surface area contributed by atoms with E-state index in [1.165, 1.54) is 31.1 Å². The molecular weight excluding hydrogens is 258 g/mol. The average Bonchev–Trinajstić information content (AvgIpc) is 3.26. The molecule has 106 valence electrons. The van der Waals surface area contributed by atoms with Crippen LogP contribution < -0.4 is 10.6 Å². The largest absolute Gasteiger partial charge is 0.351 e. The van der Waals surface area contributed by atoms with Crippen molar-refractivity contribution in [3.8, 4) is 0 Å². The molecule has 2 rings (SSSR count). The van der Waals surface area contributed by atoms with Gasteiger partial charge in [-0.25, -0.2) is 0 Å². The standard InChI is InChI=1S/C14H17N3O3/c18-14(16-9-8-15-12-5-6-12)7-4-11-2-1-3-13(10-11)17(19)20/h1-4,7,10,12,15H,5-6,8-9H2,(H,16,18). The lowest BCUT2D eigenvalue weighted by Gasteiger charge is -2.03. The number of nitro benzene ring substituents is 1. The van der Waals surface area contributed by atoms with Gasteiger partial charge in [-0.2, -0.15) is 0 Å². The lowest BCUT2D eigenvalue weighted by molar-refractivity contribution is -0.384. The molecule has 1 aliphatic rings. The minimum Gasteiger partial charge on any atom is -0.351 e. The van der Waals surface area contributed by atoms with Crippen LogP contribution in [0.15, 0.2) is 30.3 Å². The molecule has 6 heteroatoms. The Kier molecular flexibility index (Phi) is 4.84. The summed E-state index contributed by atoms with van der Waals surface area (Å²) in [5.41, 5.74) is 0.645. The number of hydrogen-bond acceptors (Lipinski definition) is 4. The Hall–Kier alpha value is -2.21. The van der Waals surface area contributed by atoms with E-state index >= 15 is 0 Å². The highest BCUT2D eigenvalue weighted by molar-refractivity contribution is 5.91. The first-order valence-corrected chi connectivity index (χ1v) is 6.59. The van der Waals surface area contributed by atoms with Gasteiger partial charge >= 0.3 is 0 Å². The van der Waals surface area contributed by atoms with Crippen molar-refractivity contribution in [2.24, 2.45) is 0 Å². The van der Waals surface area contributed by atoms with Crippen molar-refractivity contribution in [2.45, 2.75) is 18.9 Å². The molecule has 2 N–H and O–H groups in total. The summed E-state index contributed by atoms with van der Waals surface area (Å²) in [6.45, 7) is 1.34. The third-order valence-electron chi connectivity index (χ3n) is 2.94. The quantitative estimate of drug-likeness (QED) is 0.341. The SMILES string of the molecule is O=C(C=Cc1cccc([N+](=O)[O-])c1)NCCNC1CC1. The van der Waals surface area contributed by atoms with E-state index in [4.69, 9.17) is 0 Å². The zero-order valence-corrected chi connectivity index (χ0v) is 11.0. The molecule has 1 aromatic rings. The smallest absolute Gasteiger partial charge is 0.270 e. The molecule has 0 bridgehead atoms. The van der Waals surface area contributed by atoms with Crippen molar-refractivity contribution >= 4 is 17.7 Å². The number of carbonyl (C=O) groups is 1. The van der Waals surface area contributed by atoms with E-state index in [0.717, 1.165) is 6.54 Å². The Labute approximate surface area is 117 Å². The van der Waals surface area contributed by atoms with Crippen molar-refractivity contribution in [1.29, 1.82) is 0 Å². The van der Waals surface area contributed by atoms with E-state index in [1.54, 1.807) is 18.2 Å². The number of nitro groups is 1. The fraction of sp³-hybridized carbons (Fsp3) is 0.357. The summed E-state index contributed by atoms with van der Waals surface area (Å²) < 4.78 is 0. The predicted molar refractivity (Wildman–Crippen MR) is 76.2 cm³/mol. The van der Waals surface area contributed by atoms with E-state index in [0.29, 0.717) is 18.2 Å². The molecule has 1 aromatic carbocycles. The second-order valence-electron chi connectivity index (χ2n) is 4.70. The van der Waals surface area contributed by atoms with Crippen molar-refractivity contribution < 1.29 is 9.72 Å². The zero-order chi connectivity index (χ0) is 14.4. The second kappa shape index (κ2) is 6.81. The van der Waals surface area contributed by atoms with E-state index < -0.39 is 4.92 Å². The normalized spacial score (nSPS) is 14.4. The number of nitrogens with one attached hydrogen (secondary N) is 2. The minimum absolute atomic E-state index is 0.0150. The third kappa shape index (κ3) is 4.81. The minimum atomic E-state index is -0.457. The van der Waals surface area contributed by atoms with Gasteiger partial charge in [0.25, 0.3) is 5.69 Å². The molecule has 0 heterocycles. The molecule has 1 saturated carbocycles. The van der Waals surface area contributed by atoms with Crippen LogP contribution in [-0.2, 0) is 4.79 Å². The van der Waals surface area contributed by atoms with Crippen LogP contribution >= 0.6 is 0 Å². The van der Waals surface area contributed by atoms with Crippen LogP contribution in [0.2, 0.25) is 0 Å². The molecular formula is C14H17N3O3. The maximum absolute atomic E-state index is 11.5. The number of hydrogen-bond donors (Lipinski definition) is 2. The highest BCUT2D eigenvalue weighted by atomic mass is 16.6. The summed E-state index contributed by atoms with van der Waals surface area (Å²) >= 11 is 0. The Morgan fingerprint density at radius 3 is 2.90 bits per heavy atom. The van der Waals surface area contributed by atoms with Gasteiger partial charge in [0, 0.05) is 37.3 Å². The number of amides is 1. The number of non-ortho nitro benzene ring substituents is 1. The monoisotopic (exact) mass is 275 g/mol. The van der Waals surface area contributed by atoms with Crippen molar-refractivity contribution in [3.05, 3.63) is 46.0 Å². The van der Waals surface area contributed by atoms with Gasteiger partial charge < -0.3 is 10.6 Å². The van der Waals surface area contributed by atoms with Gasteiger partial charge in [0.15, 0.2) is 0 Å². The molecule has 6 nitrogen and oxygen atoms in total. The highest BCUT2D eigenvalue weighted by Gasteiger charge is 2.19.